The molecule has 0 spiro atoms. The Kier molecular flexibility index (Phi) is 5.61. The van der Waals surface area contributed by atoms with Crippen molar-refractivity contribution in [2.45, 2.75) is 12.6 Å². The van der Waals surface area contributed by atoms with Crippen molar-refractivity contribution in [1.82, 2.24) is 4.90 Å². The standard InChI is InChI=1S/C20H21NO6/c1-25-14-6-3-5-13(11-14)18(22)19(23)21-9-10-27-17-8-4-7-15(16(17)12-21)20(24)26-2/h3-8,11,18,22H,9-10,12H2,1-2H3. The highest BCUT2D eigenvalue weighted by atomic mass is 16.5. The zero-order chi connectivity index (χ0) is 19.4. The molecule has 2 aromatic carbocycles. The van der Waals surface area contributed by atoms with Gasteiger partial charge in [-0.05, 0) is 29.8 Å². The van der Waals surface area contributed by atoms with E-state index >= 15 is 0 Å². The highest BCUT2D eigenvalue weighted by Gasteiger charge is 2.29. The topological polar surface area (TPSA) is 85.3 Å². The molecule has 3 rings (SSSR count). The van der Waals surface area contributed by atoms with Gasteiger partial charge < -0.3 is 24.2 Å². The summed E-state index contributed by atoms with van der Waals surface area (Å²) in [4.78, 5) is 26.4. The second kappa shape index (κ2) is 8.09. The molecule has 0 aliphatic carbocycles. The average Bonchev–Trinajstić information content (AvgIpc) is 2.94. The number of carbonyl (C=O) groups excluding carboxylic acids is 2. The molecular weight excluding hydrogens is 350 g/mol. The van der Waals surface area contributed by atoms with Crippen molar-refractivity contribution >= 4 is 11.9 Å². The van der Waals surface area contributed by atoms with Crippen molar-refractivity contribution in [3.05, 3.63) is 59.2 Å². The van der Waals surface area contributed by atoms with E-state index in [1.54, 1.807) is 42.5 Å². The monoisotopic (exact) mass is 371 g/mol. The number of rotatable bonds is 4. The number of nitrogens with zero attached hydrogens (tertiary/aromatic N) is 1. The summed E-state index contributed by atoms with van der Waals surface area (Å²) in [6, 6.07) is 11.8. The SMILES string of the molecule is COC(=O)c1cccc2c1CN(C(=O)C(O)c1cccc(OC)c1)CCO2. The number of ether oxygens (including phenoxy) is 3. The van der Waals surface area contributed by atoms with Crippen LogP contribution in [0.15, 0.2) is 42.5 Å². The molecule has 0 bridgehead atoms. The van der Waals surface area contributed by atoms with E-state index in [-0.39, 0.29) is 19.7 Å². The Balaban J connectivity index is 1.87. The summed E-state index contributed by atoms with van der Waals surface area (Å²) >= 11 is 0. The molecule has 0 fully saturated rings. The number of methoxy groups -OCH3 is 2. The van der Waals surface area contributed by atoms with Gasteiger partial charge in [-0.15, -0.1) is 0 Å². The Bertz CT molecular complexity index is 850. The normalized spacial score (nSPS) is 14.4. The number of carbonyl (C=O) groups is 2. The Morgan fingerprint density at radius 2 is 1.96 bits per heavy atom. The van der Waals surface area contributed by atoms with Crippen molar-refractivity contribution in [2.24, 2.45) is 0 Å². The second-order valence-electron chi connectivity index (χ2n) is 6.06. The molecule has 7 heteroatoms. The largest absolute Gasteiger partial charge is 0.497 e. The number of hydrogen-bond acceptors (Lipinski definition) is 6. The molecule has 1 aliphatic heterocycles. The number of hydrogen-bond donors (Lipinski definition) is 1. The lowest BCUT2D eigenvalue weighted by Crippen LogP contribution is -2.36. The smallest absolute Gasteiger partial charge is 0.338 e. The molecule has 1 aliphatic rings. The zero-order valence-corrected chi connectivity index (χ0v) is 15.2. The highest BCUT2D eigenvalue weighted by molar-refractivity contribution is 5.92. The number of aliphatic hydroxyl groups excluding tert-OH is 1. The first kappa shape index (κ1) is 18.7. The van der Waals surface area contributed by atoms with E-state index < -0.39 is 18.0 Å². The Morgan fingerprint density at radius 1 is 1.19 bits per heavy atom. The third-order valence-electron chi connectivity index (χ3n) is 4.46. The fourth-order valence-electron chi connectivity index (χ4n) is 3.02. The van der Waals surface area contributed by atoms with Gasteiger partial charge in [0.05, 0.1) is 32.9 Å². The minimum atomic E-state index is -1.34. The van der Waals surface area contributed by atoms with Crippen LogP contribution in [0.5, 0.6) is 11.5 Å². The molecule has 0 saturated carbocycles. The highest BCUT2D eigenvalue weighted by Crippen LogP contribution is 2.29. The van der Waals surface area contributed by atoms with E-state index in [4.69, 9.17) is 14.2 Å². The Hall–Kier alpha value is -3.06. The molecular formula is C20H21NO6. The molecule has 1 unspecified atom stereocenters. The van der Waals surface area contributed by atoms with Gasteiger partial charge in [-0.25, -0.2) is 4.79 Å². The first-order valence-electron chi connectivity index (χ1n) is 8.49. The number of fused-ring (bicyclic) bond motifs is 1. The first-order chi connectivity index (χ1) is 13.0. The predicted octanol–water partition coefficient (Wildman–Crippen LogP) is 1.94. The fraction of sp³-hybridized carbons (Fsp3) is 0.300. The summed E-state index contributed by atoms with van der Waals surface area (Å²) in [6.07, 6.45) is -1.34. The zero-order valence-electron chi connectivity index (χ0n) is 15.2. The van der Waals surface area contributed by atoms with Crippen LogP contribution in [-0.4, -0.2) is 49.3 Å². The fourth-order valence-corrected chi connectivity index (χ4v) is 3.02. The van der Waals surface area contributed by atoms with Gasteiger partial charge in [0.1, 0.15) is 18.1 Å². The van der Waals surface area contributed by atoms with Gasteiger partial charge in [0.15, 0.2) is 6.10 Å². The van der Waals surface area contributed by atoms with Crippen molar-refractivity contribution in [2.75, 3.05) is 27.4 Å². The van der Waals surface area contributed by atoms with Crippen LogP contribution in [-0.2, 0) is 16.1 Å². The molecule has 0 aromatic heterocycles. The van der Waals surface area contributed by atoms with Crippen LogP contribution < -0.4 is 9.47 Å². The predicted molar refractivity (Wildman–Crippen MR) is 96.6 cm³/mol. The van der Waals surface area contributed by atoms with E-state index in [2.05, 4.69) is 0 Å². The van der Waals surface area contributed by atoms with Gasteiger partial charge in [0.25, 0.3) is 5.91 Å². The van der Waals surface area contributed by atoms with Crippen molar-refractivity contribution in [3.63, 3.8) is 0 Å². The number of benzene rings is 2. The molecule has 7 nitrogen and oxygen atoms in total. The Labute approximate surface area is 157 Å². The van der Waals surface area contributed by atoms with Gasteiger partial charge in [0, 0.05) is 5.56 Å². The van der Waals surface area contributed by atoms with E-state index in [1.807, 2.05) is 0 Å². The lowest BCUT2D eigenvalue weighted by Gasteiger charge is -2.24. The van der Waals surface area contributed by atoms with Gasteiger partial charge in [0.2, 0.25) is 0 Å². The van der Waals surface area contributed by atoms with Crippen LogP contribution in [0, 0.1) is 0 Å². The molecule has 1 N–H and O–H groups in total. The number of esters is 1. The molecule has 0 radical (unpaired) electrons. The minimum absolute atomic E-state index is 0.139. The van der Waals surface area contributed by atoms with Crippen molar-refractivity contribution in [1.29, 1.82) is 0 Å². The van der Waals surface area contributed by atoms with E-state index in [0.717, 1.165) is 0 Å². The molecule has 2 aromatic rings. The van der Waals surface area contributed by atoms with Crippen LogP contribution in [0.25, 0.3) is 0 Å². The van der Waals surface area contributed by atoms with E-state index in [0.29, 0.717) is 28.2 Å². The summed E-state index contributed by atoms with van der Waals surface area (Å²) in [6.45, 7) is 0.684. The molecule has 1 atom stereocenters. The molecule has 142 valence electrons. The maximum absolute atomic E-state index is 12.9. The van der Waals surface area contributed by atoms with Crippen molar-refractivity contribution in [3.8, 4) is 11.5 Å². The van der Waals surface area contributed by atoms with Crippen LogP contribution in [0.2, 0.25) is 0 Å². The van der Waals surface area contributed by atoms with Crippen LogP contribution in [0.4, 0.5) is 0 Å². The lowest BCUT2D eigenvalue weighted by molar-refractivity contribution is -0.141. The average molecular weight is 371 g/mol. The number of aliphatic hydroxyl groups is 1. The second-order valence-corrected chi connectivity index (χ2v) is 6.06. The van der Waals surface area contributed by atoms with Gasteiger partial charge in [-0.1, -0.05) is 18.2 Å². The Morgan fingerprint density at radius 3 is 2.70 bits per heavy atom. The van der Waals surface area contributed by atoms with E-state index in [1.165, 1.54) is 19.1 Å². The molecule has 1 amide bonds. The van der Waals surface area contributed by atoms with Gasteiger partial charge in [-0.2, -0.15) is 0 Å². The summed E-state index contributed by atoms with van der Waals surface area (Å²) < 4.78 is 15.6. The lowest BCUT2D eigenvalue weighted by atomic mass is 10.0. The number of amides is 1. The van der Waals surface area contributed by atoms with E-state index in [9.17, 15) is 14.7 Å². The third kappa shape index (κ3) is 3.88. The van der Waals surface area contributed by atoms with Gasteiger partial charge in [-0.3, -0.25) is 4.79 Å². The minimum Gasteiger partial charge on any atom is -0.497 e. The van der Waals surface area contributed by atoms with Crippen LogP contribution >= 0.6 is 0 Å². The van der Waals surface area contributed by atoms with Gasteiger partial charge >= 0.3 is 5.97 Å². The molecule has 1 heterocycles. The summed E-state index contributed by atoms with van der Waals surface area (Å²) in [5.41, 5.74) is 1.34. The summed E-state index contributed by atoms with van der Waals surface area (Å²) in [7, 11) is 2.82. The van der Waals surface area contributed by atoms with Crippen LogP contribution in [0.1, 0.15) is 27.6 Å². The summed E-state index contributed by atoms with van der Waals surface area (Å²) in [5, 5.41) is 10.5. The molecule has 27 heavy (non-hydrogen) atoms. The summed E-state index contributed by atoms with van der Waals surface area (Å²) in [5.74, 6) is 0.110. The third-order valence-corrected chi connectivity index (χ3v) is 4.46. The first-order valence-corrected chi connectivity index (χ1v) is 8.49. The maximum Gasteiger partial charge on any atom is 0.338 e. The van der Waals surface area contributed by atoms with Crippen molar-refractivity contribution < 1.29 is 28.9 Å². The molecule has 0 saturated heterocycles. The maximum atomic E-state index is 12.9. The van der Waals surface area contributed by atoms with Crippen LogP contribution in [0.3, 0.4) is 0 Å². The quantitative estimate of drug-likeness (QED) is 0.827.